The van der Waals surface area contributed by atoms with Gasteiger partial charge in [-0.25, -0.2) is 0 Å². The second-order valence-electron chi connectivity index (χ2n) is 7.46. The van der Waals surface area contributed by atoms with E-state index in [1.807, 2.05) is 0 Å². The molecule has 3 rings (SSSR count). The molecule has 3 N–H and O–H groups in total. The molecule has 1 heterocycles. The van der Waals surface area contributed by atoms with Crippen molar-refractivity contribution in [3.63, 3.8) is 0 Å². The van der Waals surface area contributed by atoms with E-state index in [0.29, 0.717) is 42.5 Å². The van der Waals surface area contributed by atoms with Gasteiger partial charge in [0.25, 0.3) is 0 Å². The SMILES string of the molecule is CC1CCC(CCC(=O)NC2C3CCCC2CC(N)C3)O1.Cl. The van der Waals surface area contributed by atoms with Crippen LogP contribution in [0.1, 0.15) is 64.7 Å². The van der Waals surface area contributed by atoms with E-state index in [1.165, 1.54) is 19.3 Å². The van der Waals surface area contributed by atoms with Gasteiger partial charge in [0.05, 0.1) is 12.2 Å². The molecule has 0 spiro atoms. The van der Waals surface area contributed by atoms with Crippen molar-refractivity contribution in [3.8, 4) is 0 Å². The van der Waals surface area contributed by atoms with Crippen molar-refractivity contribution >= 4 is 18.3 Å². The standard InChI is InChI=1S/C17H30N2O2.ClH/c1-11-5-6-15(21-11)7-8-16(20)19-17-12-3-2-4-13(17)10-14(18)9-12;/h11-15,17H,2-10,18H2,1H3,(H,19,20);1H. The van der Waals surface area contributed by atoms with Gasteiger partial charge >= 0.3 is 0 Å². The van der Waals surface area contributed by atoms with Crippen molar-refractivity contribution in [3.05, 3.63) is 0 Å². The minimum absolute atomic E-state index is 0. The highest BCUT2D eigenvalue weighted by Crippen LogP contribution is 2.39. The number of hydrogen-bond acceptors (Lipinski definition) is 3. The lowest BCUT2D eigenvalue weighted by atomic mass is 9.67. The smallest absolute Gasteiger partial charge is 0.220 e. The molecule has 4 nitrogen and oxygen atoms in total. The second-order valence-corrected chi connectivity index (χ2v) is 7.46. The molecule has 5 heteroatoms. The summed E-state index contributed by atoms with van der Waals surface area (Å²) >= 11 is 0. The van der Waals surface area contributed by atoms with Crippen LogP contribution in [0.15, 0.2) is 0 Å². The highest BCUT2D eigenvalue weighted by molar-refractivity contribution is 5.85. The Balaban J connectivity index is 0.00000176. The van der Waals surface area contributed by atoms with E-state index in [1.54, 1.807) is 0 Å². The molecule has 0 aromatic carbocycles. The molecule has 2 aliphatic carbocycles. The van der Waals surface area contributed by atoms with E-state index >= 15 is 0 Å². The molecule has 2 saturated carbocycles. The molecule has 4 unspecified atom stereocenters. The number of amides is 1. The molecule has 2 bridgehead atoms. The van der Waals surface area contributed by atoms with E-state index in [0.717, 1.165) is 32.1 Å². The van der Waals surface area contributed by atoms with Crippen LogP contribution >= 0.6 is 12.4 Å². The summed E-state index contributed by atoms with van der Waals surface area (Å²) in [6.45, 7) is 2.12. The van der Waals surface area contributed by atoms with E-state index in [4.69, 9.17) is 10.5 Å². The van der Waals surface area contributed by atoms with Crippen LogP contribution in [-0.4, -0.2) is 30.2 Å². The van der Waals surface area contributed by atoms with Crippen LogP contribution in [0.25, 0.3) is 0 Å². The maximum Gasteiger partial charge on any atom is 0.220 e. The van der Waals surface area contributed by atoms with E-state index in [2.05, 4.69) is 12.2 Å². The lowest BCUT2D eigenvalue weighted by Gasteiger charge is -2.45. The van der Waals surface area contributed by atoms with Gasteiger partial charge in [-0.3, -0.25) is 4.79 Å². The van der Waals surface area contributed by atoms with Crippen LogP contribution in [0.3, 0.4) is 0 Å². The number of nitrogens with two attached hydrogens (primary N) is 1. The molecule has 0 radical (unpaired) electrons. The highest BCUT2D eigenvalue weighted by atomic mass is 35.5. The van der Waals surface area contributed by atoms with E-state index in [-0.39, 0.29) is 18.3 Å². The molecule has 22 heavy (non-hydrogen) atoms. The molecule has 1 aliphatic heterocycles. The Morgan fingerprint density at radius 3 is 2.45 bits per heavy atom. The largest absolute Gasteiger partial charge is 0.375 e. The zero-order chi connectivity index (χ0) is 14.8. The first kappa shape index (κ1) is 18.0. The first-order valence-corrected chi connectivity index (χ1v) is 8.82. The highest BCUT2D eigenvalue weighted by Gasteiger charge is 2.39. The predicted octanol–water partition coefficient (Wildman–Crippen LogP) is 2.78. The molecule has 0 aromatic rings. The molecule has 4 atom stereocenters. The number of rotatable bonds is 4. The summed E-state index contributed by atoms with van der Waals surface area (Å²) in [6, 6.07) is 0.733. The number of carbonyl (C=O) groups excluding carboxylic acids is 1. The third-order valence-electron chi connectivity index (χ3n) is 5.72. The molecule has 1 amide bonds. The molecule has 128 valence electrons. The fourth-order valence-electron chi connectivity index (χ4n) is 4.67. The minimum atomic E-state index is 0. The van der Waals surface area contributed by atoms with Gasteiger partial charge in [-0.1, -0.05) is 6.42 Å². The lowest BCUT2D eigenvalue weighted by molar-refractivity contribution is -0.124. The van der Waals surface area contributed by atoms with Crippen molar-refractivity contribution in [1.82, 2.24) is 5.32 Å². The monoisotopic (exact) mass is 330 g/mol. The van der Waals surface area contributed by atoms with Crippen LogP contribution in [-0.2, 0) is 9.53 Å². The Hall–Kier alpha value is -0.320. The van der Waals surface area contributed by atoms with Gasteiger partial charge in [-0.05, 0) is 63.7 Å². The molecule has 0 aromatic heterocycles. The Morgan fingerprint density at radius 2 is 1.86 bits per heavy atom. The topological polar surface area (TPSA) is 64.4 Å². The summed E-state index contributed by atoms with van der Waals surface area (Å²) in [5, 5.41) is 3.33. The predicted molar refractivity (Wildman–Crippen MR) is 90.0 cm³/mol. The fourth-order valence-corrected chi connectivity index (χ4v) is 4.67. The van der Waals surface area contributed by atoms with Gasteiger partial charge < -0.3 is 15.8 Å². The first-order chi connectivity index (χ1) is 10.1. The quantitative estimate of drug-likeness (QED) is 0.833. The van der Waals surface area contributed by atoms with Gasteiger partial charge in [0.15, 0.2) is 0 Å². The second kappa shape index (κ2) is 7.98. The van der Waals surface area contributed by atoms with Gasteiger partial charge in [0.1, 0.15) is 0 Å². The number of fused-ring (bicyclic) bond motifs is 2. The molecule has 3 aliphatic rings. The zero-order valence-electron chi connectivity index (χ0n) is 13.6. The molecule has 1 saturated heterocycles. The summed E-state index contributed by atoms with van der Waals surface area (Å²) in [6.07, 6.45) is 10.3. The summed E-state index contributed by atoms with van der Waals surface area (Å²) < 4.78 is 5.79. The summed E-state index contributed by atoms with van der Waals surface area (Å²) in [7, 11) is 0. The normalized spacial score (nSPS) is 40.8. The van der Waals surface area contributed by atoms with Gasteiger partial charge in [0, 0.05) is 18.5 Å². The van der Waals surface area contributed by atoms with Gasteiger partial charge in [-0.15, -0.1) is 12.4 Å². The Morgan fingerprint density at radius 1 is 1.18 bits per heavy atom. The Kier molecular flexibility index (Phi) is 6.54. The van der Waals surface area contributed by atoms with Crippen LogP contribution in [0.4, 0.5) is 0 Å². The summed E-state index contributed by atoms with van der Waals surface area (Å²) in [5.74, 6) is 1.44. The van der Waals surface area contributed by atoms with Crippen LogP contribution in [0.5, 0.6) is 0 Å². The summed E-state index contributed by atoms with van der Waals surface area (Å²) in [4.78, 5) is 12.3. The van der Waals surface area contributed by atoms with E-state index < -0.39 is 0 Å². The minimum Gasteiger partial charge on any atom is -0.375 e. The number of halogens is 1. The van der Waals surface area contributed by atoms with Gasteiger partial charge in [-0.2, -0.15) is 0 Å². The van der Waals surface area contributed by atoms with Crippen LogP contribution < -0.4 is 11.1 Å². The third-order valence-corrected chi connectivity index (χ3v) is 5.72. The molecular weight excluding hydrogens is 300 g/mol. The van der Waals surface area contributed by atoms with Crippen molar-refractivity contribution in [1.29, 1.82) is 0 Å². The van der Waals surface area contributed by atoms with Crippen LogP contribution in [0.2, 0.25) is 0 Å². The molecule has 3 fully saturated rings. The first-order valence-electron chi connectivity index (χ1n) is 8.82. The van der Waals surface area contributed by atoms with Gasteiger partial charge in [0.2, 0.25) is 5.91 Å². The fraction of sp³-hybridized carbons (Fsp3) is 0.941. The van der Waals surface area contributed by atoms with Crippen molar-refractivity contribution in [2.45, 2.75) is 89.0 Å². The third kappa shape index (κ3) is 4.36. The number of nitrogens with one attached hydrogen (secondary N) is 1. The number of hydrogen-bond donors (Lipinski definition) is 2. The maximum absolute atomic E-state index is 12.3. The lowest BCUT2D eigenvalue weighted by Crippen LogP contribution is -2.53. The maximum atomic E-state index is 12.3. The Bertz CT molecular complexity index is 366. The zero-order valence-corrected chi connectivity index (χ0v) is 14.4. The number of ether oxygens (including phenoxy) is 1. The average Bonchev–Trinajstić information content (AvgIpc) is 2.83. The van der Waals surface area contributed by atoms with E-state index in [9.17, 15) is 4.79 Å². The van der Waals surface area contributed by atoms with Crippen molar-refractivity contribution in [2.24, 2.45) is 17.6 Å². The number of carbonyl (C=O) groups is 1. The van der Waals surface area contributed by atoms with Crippen LogP contribution in [0, 0.1) is 11.8 Å². The summed E-state index contributed by atoms with van der Waals surface area (Å²) in [5.41, 5.74) is 6.14. The average molecular weight is 331 g/mol. The Labute approximate surface area is 140 Å². The molecular formula is C17H31ClN2O2. The van der Waals surface area contributed by atoms with Crippen molar-refractivity contribution < 1.29 is 9.53 Å². The van der Waals surface area contributed by atoms with Crippen molar-refractivity contribution in [2.75, 3.05) is 0 Å².